The van der Waals surface area contributed by atoms with Gasteiger partial charge in [-0.1, -0.05) is 12.7 Å². The van der Waals surface area contributed by atoms with Gasteiger partial charge in [-0.05, 0) is 6.08 Å². The highest BCUT2D eigenvalue weighted by atomic mass is 16.5. The smallest absolute Gasteiger partial charge is 0.330 e. The summed E-state index contributed by atoms with van der Waals surface area (Å²) >= 11 is 0. The highest BCUT2D eigenvalue weighted by molar-refractivity contribution is 5.75. The lowest BCUT2D eigenvalue weighted by Gasteiger charge is -2.20. The predicted molar refractivity (Wildman–Crippen MR) is 70.6 cm³/mol. The molecule has 0 spiro atoms. The second-order valence-corrected chi connectivity index (χ2v) is 3.61. The number of rotatable bonds is 7. The van der Waals surface area contributed by atoms with Crippen LogP contribution in [0, 0.1) is 5.41 Å². The Hall–Kier alpha value is -2.25. The Morgan fingerprint density at radius 1 is 1.47 bits per heavy atom. The van der Waals surface area contributed by atoms with Crippen molar-refractivity contribution in [2.75, 3.05) is 6.61 Å². The molecule has 7 heteroatoms. The van der Waals surface area contributed by atoms with Crippen LogP contribution in [0.5, 0.6) is 0 Å². The van der Waals surface area contributed by atoms with Gasteiger partial charge in [0.1, 0.15) is 6.10 Å². The summed E-state index contributed by atoms with van der Waals surface area (Å²) in [5, 5.41) is 16.1. The van der Waals surface area contributed by atoms with Crippen molar-refractivity contribution in [3.63, 3.8) is 0 Å². The fourth-order valence-corrected chi connectivity index (χ4v) is 1.38. The maximum atomic E-state index is 11.7. The molecule has 0 aliphatic heterocycles. The molecular weight excluding hydrogens is 250 g/mol. The van der Waals surface area contributed by atoms with Gasteiger partial charge >= 0.3 is 5.69 Å². The van der Waals surface area contributed by atoms with Crippen molar-refractivity contribution < 1.29 is 9.84 Å². The third-order valence-corrected chi connectivity index (χ3v) is 2.38. The van der Waals surface area contributed by atoms with Crippen LogP contribution in [0.3, 0.4) is 0 Å². The Kier molecular flexibility index (Phi) is 5.16. The standard InChI is InChI=1S/C12H15N3O4/c1-3-9(7-16)19-10(4-2)15-6-8(5-13)11(17)14-12(15)18/h3-6,9-10,13,16H,1-2,7H2,(H,14,17,18)/t9?,10-/m1/s1. The van der Waals surface area contributed by atoms with Crippen LogP contribution in [0.1, 0.15) is 11.8 Å². The van der Waals surface area contributed by atoms with Gasteiger partial charge in [0.25, 0.3) is 5.56 Å². The summed E-state index contributed by atoms with van der Waals surface area (Å²) in [6.07, 6.45) is 3.16. The molecule has 1 unspecified atom stereocenters. The summed E-state index contributed by atoms with van der Waals surface area (Å²) in [7, 11) is 0. The number of aliphatic hydroxyl groups is 1. The van der Waals surface area contributed by atoms with Gasteiger partial charge in [-0.25, -0.2) is 4.79 Å². The Morgan fingerprint density at radius 2 is 2.16 bits per heavy atom. The zero-order valence-corrected chi connectivity index (χ0v) is 10.2. The van der Waals surface area contributed by atoms with Crippen molar-refractivity contribution in [2.45, 2.75) is 12.3 Å². The molecule has 0 bridgehead atoms. The van der Waals surface area contributed by atoms with E-state index in [1.165, 1.54) is 18.3 Å². The van der Waals surface area contributed by atoms with E-state index in [9.17, 15) is 9.59 Å². The van der Waals surface area contributed by atoms with E-state index in [1.807, 2.05) is 0 Å². The van der Waals surface area contributed by atoms with Gasteiger partial charge in [0, 0.05) is 12.4 Å². The first-order valence-electron chi connectivity index (χ1n) is 5.44. The number of aromatic nitrogens is 2. The van der Waals surface area contributed by atoms with E-state index in [0.29, 0.717) is 0 Å². The average molecular weight is 265 g/mol. The average Bonchev–Trinajstić information content (AvgIpc) is 2.41. The number of nitrogens with zero attached hydrogens (tertiary/aromatic N) is 1. The van der Waals surface area contributed by atoms with E-state index in [4.69, 9.17) is 15.3 Å². The van der Waals surface area contributed by atoms with Gasteiger partial charge in [0.05, 0.1) is 12.2 Å². The number of hydrogen-bond acceptors (Lipinski definition) is 5. The molecule has 1 aromatic rings. The molecule has 1 aromatic heterocycles. The highest BCUT2D eigenvalue weighted by Crippen LogP contribution is 2.10. The van der Waals surface area contributed by atoms with E-state index >= 15 is 0 Å². The first kappa shape index (κ1) is 14.8. The topological polar surface area (TPSA) is 108 Å². The SMILES string of the molecule is C=CC(CO)O[C@H](C=C)n1cc(C=N)c(=O)[nH]c1=O. The number of nitrogens with one attached hydrogen (secondary N) is 2. The lowest BCUT2D eigenvalue weighted by Crippen LogP contribution is -2.35. The highest BCUT2D eigenvalue weighted by Gasteiger charge is 2.15. The van der Waals surface area contributed by atoms with Crippen LogP contribution < -0.4 is 11.2 Å². The Balaban J connectivity index is 3.21. The maximum absolute atomic E-state index is 11.7. The summed E-state index contributed by atoms with van der Waals surface area (Å²) in [5.41, 5.74) is -1.34. The second kappa shape index (κ2) is 6.62. The predicted octanol–water partition coefficient (Wildman–Crippen LogP) is -0.218. The molecule has 0 radical (unpaired) electrons. The van der Waals surface area contributed by atoms with Crippen LogP contribution in [0.25, 0.3) is 0 Å². The minimum atomic E-state index is -0.891. The summed E-state index contributed by atoms with van der Waals surface area (Å²) < 4.78 is 6.45. The minimum Gasteiger partial charge on any atom is -0.393 e. The zero-order valence-electron chi connectivity index (χ0n) is 10.2. The van der Waals surface area contributed by atoms with Crippen LogP contribution in [0.15, 0.2) is 41.1 Å². The quantitative estimate of drug-likeness (QED) is 0.468. The number of aromatic amines is 1. The largest absolute Gasteiger partial charge is 0.393 e. The van der Waals surface area contributed by atoms with Crippen LogP contribution in [0.4, 0.5) is 0 Å². The van der Waals surface area contributed by atoms with Crippen LogP contribution in [-0.4, -0.2) is 33.6 Å². The molecule has 0 saturated heterocycles. The first-order valence-corrected chi connectivity index (χ1v) is 5.44. The molecule has 0 fully saturated rings. The third-order valence-electron chi connectivity index (χ3n) is 2.38. The van der Waals surface area contributed by atoms with Crippen LogP contribution >= 0.6 is 0 Å². The molecule has 0 amide bonds. The fraction of sp³-hybridized carbons (Fsp3) is 0.250. The molecule has 0 aliphatic carbocycles. The van der Waals surface area contributed by atoms with Crippen LogP contribution in [-0.2, 0) is 4.74 Å². The van der Waals surface area contributed by atoms with Gasteiger partial charge < -0.3 is 15.3 Å². The molecule has 19 heavy (non-hydrogen) atoms. The molecular formula is C12H15N3O4. The molecule has 7 nitrogen and oxygen atoms in total. The fourth-order valence-electron chi connectivity index (χ4n) is 1.38. The van der Waals surface area contributed by atoms with E-state index < -0.39 is 23.6 Å². The summed E-state index contributed by atoms with van der Waals surface area (Å²) in [4.78, 5) is 25.1. The number of ether oxygens (including phenoxy) is 1. The van der Waals surface area contributed by atoms with Gasteiger partial charge in [-0.15, -0.1) is 6.58 Å². The lowest BCUT2D eigenvalue weighted by atomic mass is 10.3. The van der Waals surface area contributed by atoms with Crippen molar-refractivity contribution in [3.8, 4) is 0 Å². The monoisotopic (exact) mass is 265 g/mol. The Bertz CT molecular complexity index is 587. The van der Waals surface area contributed by atoms with Crippen LogP contribution in [0.2, 0.25) is 0 Å². The Morgan fingerprint density at radius 3 is 2.63 bits per heavy atom. The molecule has 2 atom stereocenters. The number of hydrogen-bond donors (Lipinski definition) is 3. The molecule has 1 heterocycles. The van der Waals surface area contributed by atoms with Crippen molar-refractivity contribution in [1.82, 2.24) is 9.55 Å². The third kappa shape index (κ3) is 3.36. The summed E-state index contributed by atoms with van der Waals surface area (Å²) in [5.74, 6) is 0. The summed E-state index contributed by atoms with van der Waals surface area (Å²) in [6, 6.07) is 0. The van der Waals surface area contributed by atoms with Gasteiger partial charge in [-0.3, -0.25) is 14.3 Å². The molecule has 0 saturated carbocycles. The van der Waals surface area contributed by atoms with Crippen molar-refractivity contribution in [2.24, 2.45) is 0 Å². The van der Waals surface area contributed by atoms with Gasteiger partial charge in [-0.2, -0.15) is 0 Å². The van der Waals surface area contributed by atoms with E-state index in [2.05, 4.69) is 18.1 Å². The maximum Gasteiger partial charge on any atom is 0.330 e. The molecule has 1 rings (SSSR count). The molecule has 0 aliphatic rings. The lowest BCUT2D eigenvalue weighted by molar-refractivity contribution is -0.0278. The molecule has 0 aromatic carbocycles. The zero-order chi connectivity index (χ0) is 14.4. The van der Waals surface area contributed by atoms with Crippen molar-refractivity contribution >= 4 is 6.21 Å². The normalized spacial score (nSPS) is 13.5. The van der Waals surface area contributed by atoms with Gasteiger partial charge in [0.2, 0.25) is 0 Å². The molecule has 3 N–H and O–H groups in total. The second-order valence-electron chi connectivity index (χ2n) is 3.61. The van der Waals surface area contributed by atoms with E-state index in [-0.39, 0.29) is 12.2 Å². The van der Waals surface area contributed by atoms with E-state index in [0.717, 1.165) is 10.8 Å². The Labute approximate surface area is 109 Å². The van der Waals surface area contributed by atoms with Crippen molar-refractivity contribution in [1.29, 1.82) is 5.41 Å². The summed E-state index contributed by atoms with van der Waals surface area (Å²) in [6.45, 7) is 6.71. The van der Waals surface area contributed by atoms with Crippen molar-refractivity contribution in [3.05, 3.63) is 57.9 Å². The number of aliphatic hydroxyl groups excluding tert-OH is 1. The van der Waals surface area contributed by atoms with E-state index in [1.54, 1.807) is 0 Å². The van der Waals surface area contributed by atoms with Gasteiger partial charge in [0.15, 0.2) is 6.23 Å². The molecule has 102 valence electrons. The minimum absolute atomic E-state index is 0.00852. The number of H-pyrrole nitrogens is 1. The first-order chi connectivity index (χ1) is 9.07.